The minimum Gasteiger partial charge on any atom is -0.455 e. The fourth-order valence-corrected chi connectivity index (χ4v) is 9.33. The van der Waals surface area contributed by atoms with Crippen molar-refractivity contribution in [2.24, 2.45) is 0 Å². The second kappa shape index (κ2) is 15.3. The van der Waals surface area contributed by atoms with Crippen molar-refractivity contribution < 1.29 is 4.42 Å². The fourth-order valence-electron chi connectivity index (χ4n) is 9.33. The quantitative estimate of drug-likeness (QED) is 0.153. The monoisotopic (exact) mass is 804 g/mol. The molecule has 0 atom stereocenters. The van der Waals surface area contributed by atoms with Gasteiger partial charge in [0.05, 0.1) is 11.0 Å². The number of para-hydroxylation sites is 4. The third-order valence-corrected chi connectivity index (χ3v) is 12.4. The topological polar surface area (TPSA) is 21.3 Å². The lowest BCUT2D eigenvalue weighted by Gasteiger charge is -2.26. The molecule has 0 bridgehead atoms. The first-order valence-electron chi connectivity index (χ1n) is 21.5. The number of fused-ring (bicyclic) bond motifs is 6. The van der Waals surface area contributed by atoms with Crippen LogP contribution in [0.15, 0.2) is 247 Å². The second-order valence-electron chi connectivity index (χ2n) is 16.1. The molecule has 63 heavy (non-hydrogen) atoms. The van der Waals surface area contributed by atoms with Crippen LogP contribution in [0, 0.1) is 0 Å². The molecule has 0 saturated carbocycles. The second-order valence-corrected chi connectivity index (χ2v) is 16.1. The number of benzene rings is 10. The van der Waals surface area contributed by atoms with Crippen LogP contribution in [0.25, 0.3) is 93.9 Å². The first-order chi connectivity index (χ1) is 31.2. The number of hydrogen-bond acceptors (Lipinski definition) is 2. The van der Waals surface area contributed by atoms with Gasteiger partial charge >= 0.3 is 0 Å². The highest BCUT2D eigenvalue weighted by atomic mass is 16.3. The first kappa shape index (κ1) is 36.5. The zero-order chi connectivity index (χ0) is 41.7. The summed E-state index contributed by atoms with van der Waals surface area (Å²) in [4.78, 5) is 2.33. The molecule has 3 heteroatoms. The van der Waals surface area contributed by atoms with Crippen LogP contribution >= 0.6 is 0 Å². The molecule has 2 heterocycles. The van der Waals surface area contributed by atoms with Gasteiger partial charge in [0, 0.05) is 49.9 Å². The van der Waals surface area contributed by atoms with Crippen molar-refractivity contribution >= 4 is 60.8 Å². The number of nitrogens with zero attached hydrogens (tertiary/aromatic N) is 2. The molecule has 0 spiro atoms. The minimum atomic E-state index is 0.905. The average Bonchev–Trinajstić information content (AvgIpc) is 3.91. The van der Waals surface area contributed by atoms with E-state index in [0.717, 1.165) is 61.4 Å². The van der Waals surface area contributed by atoms with Gasteiger partial charge < -0.3 is 13.9 Å². The predicted molar refractivity (Wildman–Crippen MR) is 264 cm³/mol. The van der Waals surface area contributed by atoms with Gasteiger partial charge in [0.1, 0.15) is 11.2 Å². The molecule has 10 aromatic carbocycles. The van der Waals surface area contributed by atoms with Crippen LogP contribution in [-0.2, 0) is 0 Å². The Hall–Kier alpha value is -8.40. The van der Waals surface area contributed by atoms with Gasteiger partial charge in [0.25, 0.3) is 0 Å². The standard InChI is InChI=1S/C60H40N2O/c1-2-12-41(13-3-1)43-28-34-48(35-29-43)61(50-38-32-46(33-39-50)52-19-11-20-56-55-18-6-9-23-59(55)63-60(52)56)49-36-30-44(31-37-49)42-24-26-45(27-25-42)47-14-10-15-51(40-47)62-57-21-7-4-16-53(57)54-17-5-8-22-58(54)62/h1-40H. The van der Waals surface area contributed by atoms with Crippen molar-refractivity contribution in [2.45, 2.75) is 0 Å². The smallest absolute Gasteiger partial charge is 0.143 e. The molecule has 296 valence electrons. The fraction of sp³-hybridized carbons (Fsp3) is 0. The number of hydrogen-bond donors (Lipinski definition) is 0. The molecule has 3 nitrogen and oxygen atoms in total. The number of rotatable bonds is 8. The van der Waals surface area contributed by atoms with Crippen LogP contribution in [0.3, 0.4) is 0 Å². The van der Waals surface area contributed by atoms with Gasteiger partial charge in [-0.15, -0.1) is 0 Å². The lowest BCUT2D eigenvalue weighted by molar-refractivity contribution is 0.670. The normalized spacial score (nSPS) is 11.5. The molecule has 0 aliphatic rings. The Balaban J connectivity index is 0.863. The molecule has 0 radical (unpaired) electrons. The summed E-state index contributed by atoms with van der Waals surface area (Å²) in [5, 5.41) is 4.80. The van der Waals surface area contributed by atoms with Crippen molar-refractivity contribution in [1.29, 1.82) is 0 Å². The van der Waals surface area contributed by atoms with E-state index in [1.54, 1.807) is 0 Å². The maximum absolute atomic E-state index is 6.41. The van der Waals surface area contributed by atoms with Crippen LogP contribution in [0.4, 0.5) is 17.1 Å². The van der Waals surface area contributed by atoms with E-state index in [2.05, 4.69) is 240 Å². The van der Waals surface area contributed by atoms with E-state index in [1.165, 1.54) is 49.6 Å². The molecule has 0 unspecified atom stereocenters. The van der Waals surface area contributed by atoms with E-state index in [4.69, 9.17) is 4.42 Å². The average molecular weight is 805 g/mol. The molecule has 0 saturated heterocycles. The maximum atomic E-state index is 6.41. The summed E-state index contributed by atoms with van der Waals surface area (Å²) in [7, 11) is 0. The van der Waals surface area contributed by atoms with Gasteiger partial charge in [0.2, 0.25) is 0 Å². The van der Waals surface area contributed by atoms with Crippen LogP contribution < -0.4 is 4.90 Å². The molecular formula is C60H40N2O. The summed E-state index contributed by atoms with van der Waals surface area (Å²) in [6.45, 7) is 0. The zero-order valence-electron chi connectivity index (χ0n) is 34.4. The van der Waals surface area contributed by atoms with E-state index in [-0.39, 0.29) is 0 Å². The van der Waals surface area contributed by atoms with Crippen LogP contribution in [0.2, 0.25) is 0 Å². The third kappa shape index (κ3) is 6.46. The Morgan fingerprint density at radius 1 is 0.302 bits per heavy atom. The Kier molecular flexibility index (Phi) is 8.83. The summed E-state index contributed by atoms with van der Waals surface area (Å²) in [5.41, 5.74) is 17.9. The highest BCUT2D eigenvalue weighted by Crippen LogP contribution is 2.41. The molecule has 0 N–H and O–H groups in total. The Morgan fingerprint density at radius 2 is 0.730 bits per heavy atom. The van der Waals surface area contributed by atoms with Gasteiger partial charge in [-0.1, -0.05) is 176 Å². The van der Waals surface area contributed by atoms with Crippen molar-refractivity contribution in [3.8, 4) is 50.2 Å². The minimum absolute atomic E-state index is 0.905. The highest BCUT2D eigenvalue weighted by molar-refractivity contribution is 6.10. The van der Waals surface area contributed by atoms with Gasteiger partial charge in [0.15, 0.2) is 0 Å². The van der Waals surface area contributed by atoms with E-state index >= 15 is 0 Å². The summed E-state index contributed by atoms with van der Waals surface area (Å²) in [6, 6.07) is 87.0. The highest BCUT2D eigenvalue weighted by Gasteiger charge is 2.17. The lowest BCUT2D eigenvalue weighted by atomic mass is 9.99. The van der Waals surface area contributed by atoms with E-state index in [9.17, 15) is 0 Å². The largest absolute Gasteiger partial charge is 0.455 e. The van der Waals surface area contributed by atoms with Gasteiger partial charge in [-0.3, -0.25) is 0 Å². The molecule has 0 amide bonds. The molecule has 0 aliphatic carbocycles. The van der Waals surface area contributed by atoms with Crippen LogP contribution in [0.5, 0.6) is 0 Å². The predicted octanol–water partition coefficient (Wildman–Crippen LogP) is 16.8. The Morgan fingerprint density at radius 3 is 1.33 bits per heavy atom. The summed E-state index contributed by atoms with van der Waals surface area (Å²) >= 11 is 0. The number of anilines is 3. The molecule has 0 fully saturated rings. The van der Waals surface area contributed by atoms with Crippen molar-refractivity contribution in [3.63, 3.8) is 0 Å². The van der Waals surface area contributed by atoms with Crippen molar-refractivity contribution in [3.05, 3.63) is 243 Å². The van der Waals surface area contributed by atoms with E-state index in [0.29, 0.717) is 0 Å². The molecule has 12 aromatic rings. The Bertz CT molecular complexity index is 3530. The summed E-state index contributed by atoms with van der Waals surface area (Å²) < 4.78 is 8.79. The van der Waals surface area contributed by atoms with Crippen LogP contribution in [0.1, 0.15) is 0 Å². The number of aromatic nitrogens is 1. The van der Waals surface area contributed by atoms with Crippen molar-refractivity contribution in [2.75, 3.05) is 4.90 Å². The SMILES string of the molecule is c1ccc(-c2ccc(N(c3ccc(-c4ccc(-c5cccc(-n6c7ccccc7c7ccccc76)c5)cc4)cc3)c3ccc(-c4cccc5c4oc4ccccc45)cc3)cc2)cc1. The van der Waals surface area contributed by atoms with E-state index in [1.807, 2.05) is 12.1 Å². The van der Waals surface area contributed by atoms with Crippen LogP contribution in [-0.4, -0.2) is 4.57 Å². The summed E-state index contributed by atoms with van der Waals surface area (Å²) in [6.07, 6.45) is 0. The molecule has 0 aliphatic heterocycles. The lowest BCUT2D eigenvalue weighted by Crippen LogP contribution is -2.09. The first-order valence-corrected chi connectivity index (χ1v) is 21.5. The van der Waals surface area contributed by atoms with Gasteiger partial charge in [-0.25, -0.2) is 0 Å². The maximum Gasteiger partial charge on any atom is 0.143 e. The Labute approximate surface area is 366 Å². The third-order valence-electron chi connectivity index (χ3n) is 12.4. The van der Waals surface area contributed by atoms with Gasteiger partial charge in [-0.05, 0) is 106 Å². The molecule has 2 aromatic heterocycles. The number of furan rings is 1. The van der Waals surface area contributed by atoms with Crippen molar-refractivity contribution in [1.82, 2.24) is 4.57 Å². The van der Waals surface area contributed by atoms with Gasteiger partial charge in [-0.2, -0.15) is 0 Å². The molecular weight excluding hydrogens is 765 g/mol. The summed E-state index contributed by atoms with van der Waals surface area (Å²) in [5.74, 6) is 0. The van der Waals surface area contributed by atoms with E-state index < -0.39 is 0 Å². The zero-order valence-corrected chi connectivity index (χ0v) is 34.4. The molecule has 12 rings (SSSR count).